The van der Waals surface area contributed by atoms with E-state index in [0.29, 0.717) is 5.02 Å². The van der Waals surface area contributed by atoms with Gasteiger partial charge in [0.1, 0.15) is 0 Å². The molecular weight excluding hydrogens is 444 g/mol. The van der Waals surface area contributed by atoms with E-state index in [1.807, 2.05) is 42.5 Å². The van der Waals surface area contributed by atoms with Gasteiger partial charge in [0.05, 0.1) is 29.5 Å². The Kier molecular flexibility index (Phi) is 6.74. The van der Waals surface area contributed by atoms with Crippen molar-refractivity contribution < 1.29 is 4.79 Å². The van der Waals surface area contributed by atoms with E-state index in [4.69, 9.17) is 11.6 Å². The number of nitrogens with one attached hydrogen (secondary N) is 1. The highest BCUT2D eigenvalue weighted by Crippen LogP contribution is 2.34. The van der Waals surface area contributed by atoms with Gasteiger partial charge in [-0.3, -0.25) is 14.7 Å². The second-order valence-electron chi connectivity index (χ2n) is 8.60. The van der Waals surface area contributed by atoms with Gasteiger partial charge in [-0.25, -0.2) is 0 Å². The van der Waals surface area contributed by atoms with Crippen LogP contribution in [0.25, 0.3) is 10.9 Å². The van der Waals surface area contributed by atoms with E-state index < -0.39 is 0 Å². The van der Waals surface area contributed by atoms with Gasteiger partial charge in [-0.05, 0) is 23.3 Å². The molecule has 0 atom stereocenters. The number of halogens is 1. The molecule has 3 aromatic carbocycles. The molecule has 0 saturated carbocycles. The van der Waals surface area contributed by atoms with Crippen LogP contribution in [0.1, 0.15) is 11.1 Å². The van der Waals surface area contributed by atoms with Crippen molar-refractivity contribution in [2.24, 2.45) is 0 Å². The average molecular weight is 471 g/mol. The van der Waals surface area contributed by atoms with Crippen molar-refractivity contribution in [1.82, 2.24) is 9.88 Å². The van der Waals surface area contributed by atoms with Crippen LogP contribution in [-0.2, 0) is 17.8 Å². The first kappa shape index (κ1) is 22.4. The number of pyridine rings is 1. The Morgan fingerprint density at radius 2 is 1.59 bits per heavy atom. The third kappa shape index (κ3) is 5.06. The van der Waals surface area contributed by atoms with Crippen molar-refractivity contribution in [2.75, 3.05) is 36.4 Å². The summed E-state index contributed by atoms with van der Waals surface area (Å²) in [6.07, 6.45) is 2.00. The lowest BCUT2D eigenvalue weighted by Crippen LogP contribution is -2.46. The number of piperazine rings is 1. The first-order chi connectivity index (χ1) is 16.7. The third-order valence-electron chi connectivity index (χ3n) is 6.27. The lowest BCUT2D eigenvalue weighted by atomic mass is 10.1. The molecule has 1 aliphatic rings. The van der Waals surface area contributed by atoms with E-state index in [1.54, 1.807) is 6.20 Å². The molecule has 5 rings (SSSR count). The fourth-order valence-corrected chi connectivity index (χ4v) is 4.74. The smallest absolute Gasteiger partial charge is 0.228 e. The SMILES string of the molecule is O=C(Cc1ccccc1Cl)Nc1cnc2ccccc2c1N1CCN(Cc2ccccc2)CC1. The molecule has 1 fully saturated rings. The first-order valence-corrected chi connectivity index (χ1v) is 12.0. The van der Waals surface area contributed by atoms with E-state index >= 15 is 0 Å². The molecular formula is C28H27ClN4O. The van der Waals surface area contributed by atoms with E-state index in [-0.39, 0.29) is 12.3 Å². The van der Waals surface area contributed by atoms with Crippen LogP contribution < -0.4 is 10.2 Å². The summed E-state index contributed by atoms with van der Waals surface area (Å²) in [6, 6.07) is 26.1. The largest absolute Gasteiger partial charge is 0.367 e. The van der Waals surface area contributed by atoms with Gasteiger partial charge in [0, 0.05) is 43.1 Å². The number of rotatable bonds is 6. The van der Waals surface area contributed by atoms with Crippen LogP contribution in [0.3, 0.4) is 0 Å². The predicted octanol–water partition coefficient (Wildman–Crippen LogP) is 5.39. The zero-order chi connectivity index (χ0) is 23.3. The van der Waals surface area contributed by atoms with Gasteiger partial charge < -0.3 is 10.2 Å². The number of nitrogens with zero attached hydrogens (tertiary/aromatic N) is 3. The maximum atomic E-state index is 12.9. The number of para-hydroxylation sites is 1. The number of anilines is 2. The molecule has 0 bridgehead atoms. The Balaban J connectivity index is 1.36. The van der Waals surface area contributed by atoms with Crippen molar-refractivity contribution in [3.05, 3.63) is 101 Å². The quantitative estimate of drug-likeness (QED) is 0.410. The first-order valence-electron chi connectivity index (χ1n) is 11.6. The van der Waals surface area contributed by atoms with Crippen LogP contribution in [0.2, 0.25) is 5.02 Å². The average Bonchev–Trinajstić information content (AvgIpc) is 2.87. The molecule has 172 valence electrons. The molecule has 0 radical (unpaired) electrons. The highest BCUT2D eigenvalue weighted by Gasteiger charge is 2.22. The summed E-state index contributed by atoms with van der Waals surface area (Å²) in [4.78, 5) is 22.4. The fraction of sp³-hybridized carbons (Fsp3) is 0.214. The summed E-state index contributed by atoms with van der Waals surface area (Å²) in [5.74, 6) is -0.103. The standard InChI is InChI=1S/C28H27ClN4O/c29-24-12-6-4-10-22(24)18-27(34)31-26-19-30-25-13-7-5-11-23(25)28(26)33-16-14-32(15-17-33)20-21-8-2-1-3-9-21/h1-13,19H,14-18,20H2,(H,31,34). The number of benzene rings is 3. The highest BCUT2D eigenvalue weighted by atomic mass is 35.5. The minimum absolute atomic E-state index is 0.103. The van der Waals surface area contributed by atoms with Crippen LogP contribution in [-0.4, -0.2) is 42.0 Å². The normalized spacial score (nSPS) is 14.3. The fourth-order valence-electron chi connectivity index (χ4n) is 4.54. The predicted molar refractivity (Wildman–Crippen MR) is 139 cm³/mol. The van der Waals surface area contributed by atoms with Gasteiger partial charge in [-0.1, -0.05) is 78.3 Å². The van der Waals surface area contributed by atoms with Gasteiger partial charge in [0.15, 0.2) is 0 Å². The second kappa shape index (κ2) is 10.2. The van der Waals surface area contributed by atoms with Crippen LogP contribution in [0, 0.1) is 0 Å². The number of fused-ring (bicyclic) bond motifs is 1. The minimum atomic E-state index is -0.103. The van der Waals surface area contributed by atoms with Gasteiger partial charge in [0.2, 0.25) is 5.91 Å². The van der Waals surface area contributed by atoms with Gasteiger partial charge in [-0.15, -0.1) is 0 Å². The number of amides is 1. The van der Waals surface area contributed by atoms with Crippen LogP contribution in [0.4, 0.5) is 11.4 Å². The number of aromatic nitrogens is 1. The molecule has 4 aromatic rings. The molecule has 1 aliphatic heterocycles. The molecule has 0 unspecified atom stereocenters. The zero-order valence-corrected chi connectivity index (χ0v) is 19.7. The summed E-state index contributed by atoms with van der Waals surface area (Å²) in [7, 11) is 0. The van der Waals surface area contributed by atoms with Crippen LogP contribution in [0.5, 0.6) is 0 Å². The van der Waals surface area contributed by atoms with E-state index in [1.165, 1.54) is 5.56 Å². The molecule has 1 saturated heterocycles. The number of hydrogen-bond donors (Lipinski definition) is 1. The van der Waals surface area contributed by atoms with Crippen molar-refractivity contribution in [3.8, 4) is 0 Å². The lowest BCUT2D eigenvalue weighted by Gasteiger charge is -2.37. The zero-order valence-electron chi connectivity index (χ0n) is 19.0. The monoisotopic (exact) mass is 470 g/mol. The topological polar surface area (TPSA) is 48.5 Å². The van der Waals surface area contributed by atoms with Crippen molar-refractivity contribution in [2.45, 2.75) is 13.0 Å². The molecule has 5 nitrogen and oxygen atoms in total. The summed E-state index contributed by atoms with van der Waals surface area (Å²) < 4.78 is 0. The summed E-state index contributed by atoms with van der Waals surface area (Å²) >= 11 is 6.27. The molecule has 0 aliphatic carbocycles. The van der Waals surface area contributed by atoms with Crippen molar-refractivity contribution in [1.29, 1.82) is 0 Å². The Morgan fingerprint density at radius 1 is 0.882 bits per heavy atom. The second-order valence-corrected chi connectivity index (χ2v) is 9.01. The Hall–Kier alpha value is -3.41. The van der Waals surface area contributed by atoms with Crippen molar-refractivity contribution >= 4 is 39.8 Å². The summed E-state index contributed by atoms with van der Waals surface area (Å²) in [5.41, 5.74) is 4.85. The van der Waals surface area contributed by atoms with E-state index in [0.717, 1.165) is 60.6 Å². The van der Waals surface area contributed by atoms with Gasteiger partial charge in [0.25, 0.3) is 0 Å². The summed E-state index contributed by atoms with van der Waals surface area (Å²) in [5, 5.41) is 4.76. The third-order valence-corrected chi connectivity index (χ3v) is 6.64. The molecule has 0 spiro atoms. The number of hydrogen-bond acceptors (Lipinski definition) is 4. The molecule has 1 N–H and O–H groups in total. The van der Waals surface area contributed by atoms with Crippen LogP contribution in [0.15, 0.2) is 85.1 Å². The molecule has 1 amide bonds. The van der Waals surface area contributed by atoms with E-state index in [2.05, 4.69) is 56.5 Å². The van der Waals surface area contributed by atoms with Gasteiger partial charge >= 0.3 is 0 Å². The van der Waals surface area contributed by atoms with E-state index in [9.17, 15) is 4.79 Å². The summed E-state index contributed by atoms with van der Waals surface area (Å²) in [6.45, 7) is 4.63. The maximum Gasteiger partial charge on any atom is 0.228 e. The molecule has 6 heteroatoms. The van der Waals surface area contributed by atoms with Gasteiger partial charge in [-0.2, -0.15) is 0 Å². The lowest BCUT2D eigenvalue weighted by molar-refractivity contribution is -0.115. The molecule has 1 aromatic heterocycles. The Morgan fingerprint density at radius 3 is 2.38 bits per heavy atom. The maximum absolute atomic E-state index is 12.9. The minimum Gasteiger partial charge on any atom is -0.367 e. The van der Waals surface area contributed by atoms with Crippen LogP contribution >= 0.6 is 11.6 Å². The number of carbonyl (C=O) groups is 1. The highest BCUT2D eigenvalue weighted by molar-refractivity contribution is 6.31. The molecule has 34 heavy (non-hydrogen) atoms. The Labute approximate surface area is 205 Å². The Bertz CT molecular complexity index is 1290. The van der Waals surface area contributed by atoms with Crippen molar-refractivity contribution in [3.63, 3.8) is 0 Å². The number of carbonyl (C=O) groups excluding carboxylic acids is 1. The molecule has 2 heterocycles.